The van der Waals surface area contributed by atoms with Crippen molar-refractivity contribution in [2.24, 2.45) is 0 Å². The van der Waals surface area contributed by atoms with E-state index in [2.05, 4.69) is 11.8 Å². The van der Waals surface area contributed by atoms with E-state index >= 15 is 0 Å². The number of hydrogen-bond donors (Lipinski definition) is 0. The van der Waals surface area contributed by atoms with Crippen molar-refractivity contribution in [3.05, 3.63) is 0 Å². The van der Waals surface area contributed by atoms with Crippen LogP contribution in [0.15, 0.2) is 0 Å². The maximum absolute atomic E-state index is 5.09. The summed E-state index contributed by atoms with van der Waals surface area (Å²) in [5, 5.41) is 0. The largest absolute Gasteiger partial charge is 0.383 e. The van der Waals surface area contributed by atoms with Crippen molar-refractivity contribution in [3.63, 3.8) is 0 Å². The zero-order valence-corrected chi connectivity index (χ0v) is 8.38. The fourth-order valence-electron chi connectivity index (χ4n) is 2.08. The van der Waals surface area contributed by atoms with Crippen LogP contribution in [0.5, 0.6) is 0 Å². The molecule has 1 fully saturated rings. The summed E-state index contributed by atoms with van der Waals surface area (Å²) in [5.74, 6) is 0. The Bertz CT molecular complexity index is 110. The predicted molar refractivity (Wildman–Crippen MR) is 51.4 cm³/mol. The van der Waals surface area contributed by atoms with E-state index in [1.165, 1.54) is 32.2 Å². The predicted octanol–water partition coefficient (Wildman–Crippen LogP) is 1.90. The number of hydrogen-bond acceptors (Lipinski definition) is 2. The van der Waals surface area contributed by atoms with Crippen molar-refractivity contribution in [2.45, 2.75) is 38.6 Å². The zero-order chi connectivity index (χ0) is 8.81. The molecule has 0 aromatic heterocycles. The first kappa shape index (κ1) is 10.0. The Morgan fingerprint density at radius 1 is 1.33 bits per heavy atom. The van der Waals surface area contributed by atoms with E-state index in [0.29, 0.717) is 0 Å². The van der Waals surface area contributed by atoms with E-state index in [0.717, 1.165) is 19.2 Å². The van der Waals surface area contributed by atoms with Crippen molar-refractivity contribution in [2.75, 3.05) is 26.8 Å². The van der Waals surface area contributed by atoms with E-state index in [1.54, 1.807) is 7.11 Å². The van der Waals surface area contributed by atoms with Gasteiger partial charge in [-0.1, -0.05) is 19.8 Å². The number of ether oxygens (including phenoxy) is 1. The number of likely N-dealkylation sites (N-methyl/N-ethyl adjacent to an activating group) is 1. The highest BCUT2D eigenvalue weighted by molar-refractivity contribution is 4.76. The van der Waals surface area contributed by atoms with Crippen LogP contribution < -0.4 is 0 Å². The van der Waals surface area contributed by atoms with Crippen LogP contribution in [0, 0.1) is 0 Å². The number of nitrogens with zero attached hydrogens (tertiary/aromatic N) is 1. The van der Waals surface area contributed by atoms with Crippen LogP contribution in [0.3, 0.4) is 0 Å². The second-order valence-electron chi connectivity index (χ2n) is 3.56. The molecule has 2 nitrogen and oxygen atoms in total. The minimum atomic E-state index is 0.852. The summed E-state index contributed by atoms with van der Waals surface area (Å²) in [6.45, 7) is 5.41. The van der Waals surface area contributed by atoms with Crippen LogP contribution in [0.4, 0.5) is 0 Å². The van der Waals surface area contributed by atoms with Gasteiger partial charge >= 0.3 is 0 Å². The minimum Gasteiger partial charge on any atom is -0.383 e. The SMILES string of the molecule is CCN(CCOC)C1CCCC1. The normalized spacial score (nSPS) is 19.2. The summed E-state index contributed by atoms with van der Waals surface area (Å²) in [6.07, 6.45) is 5.65. The van der Waals surface area contributed by atoms with Crippen molar-refractivity contribution in [1.29, 1.82) is 0 Å². The van der Waals surface area contributed by atoms with Crippen LogP contribution >= 0.6 is 0 Å². The zero-order valence-electron chi connectivity index (χ0n) is 8.38. The fraction of sp³-hybridized carbons (Fsp3) is 1.00. The third-order valence-electron chi connectivity index (χ3n) is 2.83. The summed E-state index contributed by atoms with van der Waals surface area (Å²) in [4.78, 5) is 2.55. The Balaban J connectivity index is 2.22. The molecule has 72 valence electrons. The van der Waals surface area contributed by atoms with Crippen molar-refractivity contribution in [3.8, 4) is 0 Å². The third kappa shape index (κ3) is 2.76. The maximum atomic E-state index is 5.09. The molecule has 0 heterocycles. The van der Waals surface area contributed by atoms with Crippen LogP contribution in [0.2, 0.25) is 0 Å². The van der Waals surface area contributed by atoms with Crippen LogP contribution in [0.1, 0.15) is 32.6 Å². The maximum Gasteiger partial charge on any atom is 0.0589 e. The molecular weight excluding hydrogens is 150 g/mol. The smallest absolute Gasteiger partial charge is 0.0589 e. The molecule has 0 amide bonds. The van der Waals surface area contributed by atoms with Gasteiger partial charge in [-0.15, -0.1) is 0 Å². The van der Waals surface area contributed by atoms with E-state index in [4.69, 9.17) is 4.74 Å². The molecule has 0 N–H and O–H groups in total. The number of methoxy groups -OCH3 is 1. The average Bonchev–Trinajstić information content (AvgIpc) is 2.59. The lowest BCUT2D eigenvalue weighted by Crippen LogP contribution is -2.35. The third-order valence-corrected chi connectivity index (χ3v) is 2.83. The molecule has 0 radical (unpaired) electrons. The molecule has 1 rings (SSSR count). The summed E-state index contributed by atoms with van der Waals surface area (Å²) in [6, 6.07) is 0.852. The molecule has 0 aromatic carbocycles. The van der Waals surface area contributed by atoms with Crippen LogP contribution in [0.25, 0.3) is 0 Å². The molecule has 0 aromatic rings. The first-order valence-corrected chi connectivity index (χ1v) is 5.11. The van der Waals surface area contributed by atoms with Crippen LogP contribution in [-0.4, -0.2) is 37.7 Å². The molecular formula is C10H21NO. The molecule has 0 bridgehead atoms. The van der Waals surface area contributed by atoms with Gasteiger partial charge in [-0.2, -0.15) is 0 Å². The Morgan fingerprint density at radius 3 is 2.50 bits per heavy atom. The standard InChI is InChI=1S/C10H21NO/c1-3-11(8-9-12-2)10-6-4-5-7-10/h10H,3-9H2,1-2H3. The highest BCUT2D eigenvalue weighted by Gasteiger charge is 2.20. The summed E-state index contributed by atoms with van der Waals surface area (Å²) in [7, 11) is 1.78. The van der Waals surface area contributed by atoms with Gasteiger partial charge in [0.25, 0.3) is 0 Å². The van der Waals surface area contributed by atoms with E-state index < -0.39 is 0 Å². The van der Waals surface area contributed by atoms with Gasteiger partial charge in [0.05, 0.1) is 6.61 Å². The molecule has 0 unspecified atom stereocenters. The van der Waals surface area contributed by atoms with Gasteiger partial charge in [0, 0.05) is 19.7 Å². The molecule has 12 heavy (non-hydrogen) atoms. The highest BCUT2D eigenvalue weighted by Crippen LogP contribution is 2.22. The van der Waals surface area contributed by atoms with Crippen molar-refractivity contribution >= 4 is 0 Å². The highest BCUT2D eigenvalue weighted by atomic mass is 16.5. The lowest BCUT2D eigenvalue weighted by Gasteiger charge is -2.26. The van der Waals surface area contributed by atoms with Gasteiger partial charge in [-0.3, -0.25) is 4.90 Å². The summed E-state index contributed by atoms with van der Waals surface area (Å²) < 4.78 is 5.09. The van der Waals surface area contributed by atoms with E-state index in [1.807, 2.05) is 0 Å². The molecule has 0 saturated heterocycles. The van der Waals surface area contributed by atoms with Crippen molar-refractivity contribution in [1.82, 2.24) is 4.90 Å². The van der Waals surface area contributed by atoms with Gasteiger partial charge in [-0.05, 0) is 19.4 Å². The second-order valence-corrected chi connectivity index (χ2v) is 3.56. The molecule has 1 aliphatic carbocycles. The van der Waals surface area contributed by atoms with E-state index in [-0.39, 0.29) is 0 Å². The van der Waals surface area contributed by atoms with Crippen molar-refractivity contribution < 1.29 is 4.74 Å². The summed E-state index contributed by atoms with van der Waals surface area (Å²) >= 11 is 0. The Hall–Kier alpha value is -0.0800. The second kappa shape index (κ2) is 5.55. The molecule has 0 atom stereocenters. The molecule has 0 aliphatic heterocycles. The minimum absolute atomic E-state index is 0.852. The Labute approximate surface area is 75.9 Å². The molecule has 2 heteroatoms. The lowest BCUT2D eigenvalue weighted by molar-refractivity contribution is 0.125. The quantitative estimate of drug-likeness (QED) is 0.626. The Kier molecular flexibility index (Phi) is 4.62. The fourth-order valence-corrected chi connectivity index (χ4v) is 2.08. The molecule has 1 saturated carbocycles. The van der Waals surface area contributed by atoms with Crippen LogP contribution in [-0.2, 0) is 4.74 Å². The molecule has 1 aliphatic rings. The topological polar surface area (TPSA) is 12.5 Å². The van der Waals surface area contributed by atoms with Gasteiger partial charge in [0.1, 0.15) is 0 Å². The first-order chi connectivity index (χ1) is 5.88. The molecule has 0 spiro atoms. The van der Waals surface area contributed by atoms with Gasteiger partial charge in [0.2, 0.25) is 0 Å². The van der Waals surface area contributed by atoms with Gasteiger partial charge in [-0.25, -0.2) is 0 Å². The van der Waals surface area contributed by atoms with Gasteiger partial charge < -0.3 is 4.74 Å². The monoisotopic (exact) mass is 171 g/mol. The number of rotatable bonds is 5. The Morgan fingerprint density at radius 2 is 2.00 bits per heavy atom. The first-order valence-electron chi connectivity index (χ1n) is 5.11. The summed E-state index contributed by atoms with van der Waals surface area (Å²) in [5.41, 5.74) is 0. The van der Waals surface area contributed by atoms with E-state index in [9.17, 15) is 0 Å². The lowest BCUT2D eigenvalue weighted by atomic mass is 10.2. The average molecular weight is 171 g/mol. The van der Waals surface area contributed by atoms with Gasteiger partial charge in [0.15, 0.2) is 0 Å².